The van der Waals surface area contributed by atoms with Gasteiger partial charge >= 0.3 is 5.97 Å². The molecule has 0 unspecified atom stereocenters. The molecule has 0 atom stereocenters. The molecule has 0 aromatic heterocycles. The molecule has 0 bridgehead atoms. The molecule has 28 heavy (non-hydrogen) atoms. The first-order chi connectivity index (χ1) is 13.3. The molecule has 0 heterocycles. The molecule has 10 heteroatoms. The molecular weight excluding hydrogens is 368 g/mol. The topological polar surface area (TPSA) is 131 Å². The van der Waals surface area contributed by atoms with E-state index < -0.39 is 29.3 Å². The van der Waals surface area contributed by atoms with Gasteiger partial charge in [0.1, 0.15) is 0 Å². The van der Waals surface area contributed by atoms with Crippen LogP contribution in [0.4, 0.5) is 11.4 Å². The smallest absolute Gasteiger partial charge is 0.338 e. The van der Waals surface area contributed by atoms with Gasteiger partial charge in [0.05, 0.1) is 10.5 Å². The number of hydrazine groups is 1. The molecule has 0 aliphatic heterocycles. The standard InChI is InChI=1S/C18H18N4O6/c1-21(2)14-7-5-13(6-8-14)18(25)28-11-16(23)19-20-17(24)12-3-9-15(10-4-12)22(26)27/h3-10H,11H2,1-2H3,(H,19,23)(H,20,24). The lowest BCUT2D eigenvalue weighted by Gasteiger charge is -2.12. The summed E-state index contributed by atoms with van der Waals surface area (Å²) in [5, 5.41) is 10.6. The molecule has 146 valence electrons. The van der Waals surface area contributed by atoms with E-state index in [-0.39, 0.29) is 16.8 Å². The number of rotatable bonds is 6. The SMILES string of the molecule is CN(C)c1ccc(C(=O)OCC(=O)NNC(=O)c2ccc([N+](=O)[O-])cc2)cc1. The molecule has 2 aromatic rings. The Morgan fingerprint density at radius 1 is 0.964 bits per heavy atom. The summed E-state index contributed by atoms with van der Waals surface area (Å²) in [5.74, 6) is -2.09. The molecule has 2 amide bonds. The van der Waals surface area contributed by atoms with Crippen molar-refractivity contribution in [3.63, 3.8) is 0 Å². The Hall–Kier alpha value is -3.95. The summed E-state index contributed by atoms with van der Waals surface area (Å²) in [6, 6.07) is 11.5. The van der Waals surface area contributed by atoms with Crippen LogP contribution in [0.2, 0.25) is 0 Å². The highest BCUT2D eigenvalue weighted by Crippen LogP contribution is 2.13. The van der Waals surface area contributed by atoms with Gasteiger partial charge in [-0.3, -0.25) is 30.6 Å². The van der Waals surface area contributed by atoms with Crippen molar-refractivity contribution < 1.29 is 24.0 Å². The maximum absolute atomic E-state index is 11.9. The molecule has 0 spiro atoms. The van der Waals surface area contributed by atoms with E-state index in [2.05, 4.69) is 10.9 Å². The second-order valence-corrected chi connectivity index (χ2v) is 5.82. The molecule has 2 aromatic carbocycles. The van der Waals surface area contributed by atoms with Crippen molar-refractivity contribution in [2.24, 2.45) is 0 Å². The minimum Gasteiger partial charge on any atom is -0.452 e. The van der Waals surface area contributed by atoms with Gasteiger partial charge in [-0.1, -0.05) is 0 Å². The van der Waals surface area contributed by atoms with Gasteiger partial charge in [-0.2, -0.15) is 0 Å². The Morgan fingerprint density at radius 2 is 1.54 bits per heavy atom. The summed E-state index contributed by atoms with van der Waals surface area (Å²) in [6.45, 7) is -0.588. The number of nitro groups is 1. The fourth-order valence-electron chi connectivity index (χ4n) is 2.08. The number of hydrogen-bond acceptors (Lipinski definition) is 7. The number of nitrogens with one attached hydrogen (secondary N) is 2. The molecule has 0 saturated heterocycles. The average molecular weight is 386 g/mol. The second-order valence-electron chi connectivity index (χ2n) is 5.82. The summed E-state index contributed by atoms with van der Waals surface area (Å²) in [6.07, 6.45) is 0. The number of ether oxygens (including phenoxy) is 1. The predicted molar refractivity (Wildman–Crippen MR) is 99.8 cm³/mol. The van der Waals surface area contributed by atoms with Gasteiger partial charge in [0.25, 0.3) is 17.5 Å². The number of benzene rings is 2. The fourth-order valence-corrected chi connectivity index (χ4v) is 2.08. The number of nitro benzene ring substituents is 1. The van der Waals surface area contributed by atoms with Crippen LogP contribution in [0.25, 0.3) is 0 Å². The molecule has 0 saturated carbocycles. The Kier molecular flexibility index (Phi) is 6.63. The van der Waals surface area contributed by atoms with Crippen molar-refractivity contribution in [3.8, 4) is 0 Å². The van der Waals surface area contributed by atoms with Crippen molar-refractivity contribution in [1.29, 1.82) is 0 Å². The molecule has 2 rings (SSSR count). The van der Waals surface area contributed by atoms with E-state index in [1.807, 2.05) is 19.0 Å². The number of carbonyl (C=O) groups excluding carboxylic acids is 3. The maximum atomic E-state index is 11.9. The van der Waals surface area contributed by atoms with Gasteiger partial charge in [0.2, 0.25) is 0 Å². The summed E-state index contributed by atoms with van der Waals surface area (Å²) in [5.41, 5.74) is 5.36. The Bertz CT molecular complexity index is 878. The Labute approximate surface area is 160 Å². The number of esters is 1. The van der Waals surface area contributed by atoms with Crippen molar-refractivity contribution in [2.75, 3.05) is 25.6 Å². The second kappa shape index (κ2) is 9.12. The van der Waals surface area contributed by atoms with E-state index in [0.717, 1.165) is 5.69 Å². The highest BCUT2D eigenvalue weighted by atomic mass is 16.6. The lowest BCUT2D eigenvalue weighted by Crippen LogP contribution is -2.43. The zero-order valence-corrected chi connectivity index (χ0v) is 15.2. The largest absolute Gasteiger partial charge is 0.452 e. The third kappa shape index (κ3) is 5.53. The van der Waals surface area contributed by atoms with Crippen LogP contribution < -0.4 is 15.8 Å². The Balaban J connectivity index is 1.79. The van der Waals surface area contributed by atoms with Crippen molar-refractivity contribution in [2.45, 2.75) is 0 Å². The van der Waals surface area contributed by atoms with E-state index >= 15 is 0 Å². The van der Waals surface area contributed by atoms with E-state index in [1.54, 1.807) is 24.3 Å². The van der Waals surface area contributed by atoms with E-state index in [4.69, 9.17) is 4.74 Å². The fraction of sp³-hybridized carbons (Fsp3) is 0.167. The average Bonchev–Trinajstić information content (AvgIpc) is 2.70. The first kappa shape index (κ1) is 20.4. The van der Waals surface area contributed by atoms with E-state index in [9.17, 15) is 24.5 Å². The quantitative estimate of drug-likeness (QED) is 0.434. The van der Waals surface area contributed by atoms with Crippen LogP contribution in [0.5, 0.6) is 0 Å². The number of non-ortho nitro benzene ring substituents is 1. The normalized spacial score (nSPS) is 9.93. The predicted octanol–water partition coefficient (Wildman–Crippen LogP) is 1.28. The molecule has 0 radical (unpaired) electrons. The molecule has 0 aliphatic rings. The summed E-state index contributed by atoms with van der Waals surface area (Å²) >= 11 is 0. The van der Waals surface area contributed by atoms with Gasteiger partial charge in [-0.15, -0.1) is 0 Å². The molecule has 0 aliphatic carbocycles. The zero-order chi connectivity index (χ0) is 20.7. The Morgan fingerprint density at radius 3 is 2.07 bits per heavy atom. The highest BCUT2D eigenvalue weighted by molar-refractivity contribution is 5.96. The maximum Gasteiger partial charge on any atom is 0.338 e. The summed E-state index contributed by atoms with van der Waals surface area (Å²) < 4.78 is 4.88. The minimum absolute atomic E-state index is 0.115. The van der Waals surface area contributed by atoms with Crippen LogP contribution in [-0.2, 0) is 9.53 Å². The van der Waals surface area contributed by atoms with E-state index in [0.29, 0.717) is 0 Å². The van der Waals surface area contributed by atoms with Crippen molar-refractivity contribution in [1.82, 2.24) is 10.9 Å². The first-order valence-electron chi connectivity index (χ1n) is 8.06. The van der Waals surface area contributed by atoms with Crippen molar-refractivity contribution in [3.05, 3.63) is 69.8 Å². The van der Waals surface area contributed by atoms with Gasteiger partial charge in [0, 0.05) is 37.5 Å². The monoisotopic (exact) mass is 386 g/mol. The molecule has 0 fully saturated rings. The van der Waals surface area contributed by atoms with Crippen LogP contribution in [0, 0.1) is 10.1 Å². The highest BCUT2D eigenvalue weighted by Gasteiger charge is 2.13. The molecule has 10 nitrogen and oxygen atoms in total. The van der Waals surface area contributed by atoms with Crippen LogP contribution in [0.15, 0.2) is 48.5 Å². The summed E-state index contributed by atoms with van der Waals surface area (Å²) in [4.78, 5) is 47.3. The first-order valence-corrected chi connectivity index (χ1v) is 8.06. The van der Waals surface area contributed by atoms with Gasteiger partial charge in [0.15, 0.2) is 6.61 Å². The van der Waals surface area contributed by atoms with Gasteiger partial charge in [-0.05, 0) is 36.4 Å². The number of amides is 2. The van der Waals surface area contributed by atoms with Gasteiger partial charge < -0.3 is 9.64 Å². The lowest BCUT2D eigenvalue weighted by molar-refractivity contribution is -0.384. The van der Waals surface area contributed by atoms with Crippen molar-refractivity contribution >= 4 is 29.2 Å². The van der Waals surface area contributed by atoms with E-state index in [1.165, 1.54) is 24.3 Å². The van der Waals surface area contributed by atoms with Crippen LogP contribution >= 0.6 is 0 Å². The minimum atomic E-state index is -0.742. The third-order valence-corrected chi connectivity index (χ3v) is 3.61. The number of carbonyl (C=O) groups is 3. The number of hydrogen-bond donors (Lipinski definition) is 2. The number of anilines is 1. The van der Waals surface area contributed by atoms with Crippen LogP contribution in [0.1, 0.15) is 20.7 Å². The molecular formula is C18H18N4O6. The lowest BCUT2D eigenvalue weighted by atomic mass is 10.2. The van der Waals surface area contributed by atoms with Crippen LogP contribution in [-0.4, -0.2) is 43.4 Å². The molecule has 2 N–H and O–H groups in total. The van der Waals surface area contributed by atoms with Gasteiger partial charge in [-0.25, -0.2) is 4.79 Å². The summed E-state index contributed by atoms with van der Waals surface area (Å²) in [7, 11) is 3.73. The third-order valence-electron chi connectivity index (χ3n) is 3.61. The van der Waals surface area contributed by atoms with Crippen LogP contribution in [0.3, 0.4) is 0 Å². The number of nitrogens with zero attached hydrogens (tertiary/aromatic N) is 2. The zero-order valence-electron chi connectivity index (χ0n) is 15.2.